The molecule has 1 aromatic heterocycles. The highest BCUT2D eigenvalue weighted by Gasteiger charge is 2.28. The largest absolute Gasteiger partial charge is 0.480 e. The van der Waals surface area contributed by atoms with Crippen LogP contribution in [0.1, 0.15) is 5.56 Å². The lowest BCUT2D eigenvalue weighted by Gasteiger charge is -2.17. The molecule has 0 aliphatic carbocycles. The molecule has 0 saturated carbocycles. The minimum Gasteiger partial charge on any atom is -0.480 e. The van der Waals surface area contributed by atoms with Crippen molar-refractivity contribution in [3.63, 3.8) is 0 Å². The zero-order valence-electron chi connectivity index (χ0n) is 22.6. The Balaban J connectivity index is 1.35. The number of anilines is 1. The molecule has 42 heavy (non-hydrogen) atoms. The fraction of sp³-hybridized carbons (Fsp3) is 0.133. The third-order valence-corrected chi connectivity index (χ3v) is 9.47. The zero-order chi connectivity index (χ0) is 30.1. The van der Waals surface area contributed by atoms with E-state index in [1.807, 2.05) is 31.1 Å². The van der Waals surface area contributed by atoms with E-state index in [-0.39, 0.29) is 27.5 Å². The van der Waals surface area contributed by atoms with E-state index in [1.165, 1.54) is 42.6 Å². The number of hydrogen-bond acceptors (Lipinski definition) is 8. The van der Waals surface area contributed by atoms with Crippen LogP contribution in [0, 0.1) is 0 Å². The monoisotopic (exact) mass is 605 g/mol. The number of pyridine rings is 1. The summed E-state index contributed by atoms with van der Waals surface area (Å²) >= 11 is 0. The molecule has 216 valence electrons. The molecule has 1 atom stereocenters. The Labute approximate surface area is 243 Å². The van der Waals surface area contributed by atoms with E-state index < -0.39 is 32.2 Å². The van der Waals surface area contributed by atoms with Gasteiger partial charge in [0.25, 0.3) is 0 Å². The molecule has 2 N–H and O–H groups in total. The van der Waals surface area contributed by atoms with Crippen LogP contribution in [0.25, 0.3) is 21.7 Å². The van der Waals surface area contributed by atoms with E-state index in [2.05, 4.69) is 9.71 Å². The Morgan fingerprint density at radius 2 is 1.50 bits per heavy atom. The van der Waals surface area contributed by atoms with Crippen molar-refractivity contribution in [2.45, 2.75) is 22.3 Å². The van der Waals surface area contributed by atoms with Crippen molar-refractivity contribution in [2.24, 2.45) is 0 Å². The predicted octanol–water partition coefficient (Wildman–Crippen LogP) is 4.20. The number of nitrogens with zero attached hydrogens (tertiary/aromatic N) is 2. The van der Waals surface area contributed by atoms with Crippen molar-refractivity contribution in [2.75, 3.05) is 19.0 Å². The van der Waals surface area contributed by atoms with Gasteiger partial charge >= 0.3 is 16.1 Å². The molecule has 0 fully saturated rings. The fourth-order valence-corrected chi connectivity index (χ4v) is 7.20. The highest BCUT2D eigenvalue weighted by atomic mass is 32.2. The van der Waals surface area contributed by atoms with Gasteiger partial charge in [-0.1, -0.05) is 54.6 Å². The molecule has 0 saturated heterocycles. The Kier molecular flexibility index (Phi) is 7.87. The Bertz CT molecular complexity index is 2010. The Hall–Kier alpha value is -4.52. The SMILES string of the molecule is CN(C)c1cccc2c(S(=O)(=O)Oc3ccc(C[C@H](NS(=O)(=O)c4cccc5cccnc45)C(=O)O)cc3)cccc12. The molecule has 10 nitrogen and oxygen atoms in total. The van der Waals surface area contributed by atoms with Gasteiger partial charge in [-0.15, -0.1) is 0 Å². The number of benzene rings is 4. The van der Waals surface area contributed by atoms with E-state index in [4.69, 9.17) is 4.18 Å². The van der Waals surface area contributed by atoms with Crippen molar-refractivity contribution in [3.8, 4) is 5.75 Å². The second-order valence-corrected chi connectivity index (χ2v) is 12.9. The summed E-state index contributed by atoms with van der Waals surface area (Å²) < 4.78 is 60.4. The van der Waals surface area contributed by atoms with Gasteiger partial charge in [-0.2, -0.15) is 13.1 Å². The number of para-hydroxylation sites is 1. The topological polar surface area (TPSA) is 143 Å². The van der Waals surface area contributed by atoms with Gasteiger partial charge in [0.15, 0.2) is 0 Å². The van der Waals surface area contributed by atoms with Crippen LogP contribution >= 0.6 is 0 Å². The number of carboxylic acids is 1. The molecule has 0 bridgehead atoms. The van der Waals surface area contributed by atoms with E-state index in [1.54, 1.807) is 42.5 Å². The molecule has 5 rings (SSSR count). The van der Waals surface area contributed by atoms with Gasteiger partial charge in [0.2, 0.25) is 10.0 Å². The second-order valence-electron chi connectivity index (χ2n) is 9.75. The van der Waals surface area contributed by atoms with Crippen molar-refractivity contribution >= 4 is 53.5 Å². The number of nitrogens with one attached hydrogen (secondary N) is 1. The van der Waals surface area contributed by atoms with E-state index >= 15 is 0 Å². The van der Waals surface area contributed by atoms with Gasteiger partial charge in [-0.05, 0) is 48.4 Å². The lowest BCUT2D eigenvalue weighted by atomic mass is 10.1. The maximum Gasteiger partial charge on any atom is 0.339 e. The van der Waals surface area contributed by atoms with E-state index in [0.717, 1.165) is 11.1 Å². The molecule has 0 unspecified atom stereocenters. The lowest BCUT2D eigenvalue weighted by molar-refractivity contribution is -0.138. The molecule has 0 amide bonds. The van der Waals surface area contributed by atoms with Crippen molar-refractivity contribution in [1.82, 2.24) is 9.71 Å². The van der Waals surface area contributed by atoms with E-state index in [0.29, 0.717) is 16.3 Å². The molecular formula is C30H27N3O7S2. The average molecular weight is 606 g/mol. The predicted molar refractivity (Wildman–Crippen MR) is 160 cm³/mol. The van der Waals surface area contributed by atoms with Crippen LogP contribution in [-0.2, 0) is 31.4 Å². The third kappa shape index (κ3) is 5.91. The summed E-state index contributed by atoms with van der Waals surface area (Å²) in [5.74, 6) is -1.35. The Morgan fingerprint density at radius 1 is 0.857 bits per heavy atom. The number of hydrogen-bond donors (Lipinski definition) is 2. The molecule has 0 radical (unpaired) electrons. The summed E-state index contributed by atoms with van der Waals surface area (Å²) in [6.07, 6.45) is 1.26. The summed E-state index contributed by atoms with van der Waals surface area (Å²) in [6, 6.07) is 22.6. The molecule has 5 aromatic rings. The number of aliphatic carboxylic acids is 1. The molecule has 12 heteroatoms. The molecular weight excluding hydrogens is 578 g/mol. The van der Waals surface area contributed by atoms with Crippen LogP contribution in [0.15, 0.2) is 107 Å². The van der Waals surface area contributed by atoms with Crippen LogP contribution in [0.3, 0.4) is 0 Å². The van der Waals surface area contributed by atoms with Crippen molar-refractivity contribution < 1.29 is 30.9 Å². The first kappa shape index (κ1) is 29.0. The maximum absolute atomic E-state index is 13.2. The quantitative estimate of drug-likeness (QED) is 0.224. The van der Waals surface area contributed by atoms with Crippen molar-refractivity contribution in [1.29, 1.82) is 0 Å². The first-order chi connectivity index (χ1) is 20.0. The second kappa shape index (κ2) is 11.4. The number of carboxylic acid groups (broad SMARTS) is 1. The standard InChI is InChI=1S/C30H27N3O7S2/c1-33(2)26-11-4-10-24-23(26)9-5-12-27(24)42(38,39)40-22-16-14-20(15-17-22)19-25(30(34)35)32-41(36,37)28-13-3-7-21-8-6-18-31-29(21)28/h3-18,25,32H,19H2,1-2H3,(H,34,35)/t25-/m0/s1. The lowest BCUT2D eigenvalue weighted by Crippen LogP contribution is -2.42. The number of sulfonamides is 1. The first-order valence-corrected chi connectivity index (χ1v) is 15.7. The molecule has 0 aliphatic heterocycles. The summed E-state index contributed by atoms with van der Waals surface area (Å²) in [5, 5.41) is 11.6. The van der Waals surface area contributed by atoms with Gasteiger partial charge in [0.05, 0.1) is 5.52 Å². The summed E-state index contributed by atoms with van der Waals surface area (Å²) in [5.41, 5.74) is 1.53. The van der Waals surface area contributed by atoms with E-state index in [9.17, 15) is 26.7 Å². The number of rotatable bonds is 10. The molecule has 0 spiro atoms. The van der Waals surface area contributed by atoms with Gasteiger partial charge in [0.1, 0.15) is 21.6 Å². The fourth-order valence-electron chi connectivity index (χ4n) is 4.68. The van der Waals surface area contributed by atoms with Crippen LogP contribution in [-0.4, -0.2) is 53.0 Å². The van der Waals surface area contributed by atoms with Crippen molar-refractivity contribution in [3.05, 3.63) is 103 Å². The third-order valence-electron chi connectivity index (χ3n) is 6.66. The molecule has 1 heterocycles. The molecule has 4 aromatic carbocycles. The number of aromatic nitrogens is 1. The normalized spacial score (nSPS) is 12.7. The minimum atomic E-state index is -4.24. The minimum absolute atomic E-state index is 0.0102. The maximum atomic E-state index is 13.2. The number of carbonyl (C=O) groups is 1. The van der Waals surface area contributed by atoms with Crippen LogP contribution in [0.2, 0.25) is 0 Å². The van der Waals surface area contributed by atoms with Crippen LogP contribution in [0.5, 0.6) is 5.75 Å². The molecule has 0 aliphatic rings. The highest BCUT2D eigenvalue weighted by Crippen LogP contribution is 2.31. The van der Waals surface area contributed by atoms with Gasteiger partial charge in [0, 0.05) is 42.1 Å². The van der Waals surface area contributed by atoms with Gasteiger partial charge < -0.3 is 14.2 Å². The van der Waals surface area contributed by atoms with Gasteiger partial charge in [-0.3, -0.25) is 9.78 Å². The average Bonchev–Trinajstić information content (AvgIpc) is 2.96. The summed E-state index contributed by atoms with van der Waals surface area (Å²) in [4.78, 5) is 17.9. The van der Waals surface area contributed by atoms with Crippen LogP contribution < -0.4 is 13.8 Å². The van der Waals surface area contributed by atoms with Gasteiger partial charge in [-0.25, -0.2) is 8.42 Å². The smallest absolute Gasteiger partial charge is 0.339 e. The number of fused-ring (bicyclic) bond motifs is 2. The Morgan fingerprint density at radius 3 is 2.21 bits per heavy atom. The highest BCUT2D eigenvalue weighted by molar-refractivity contribution is 7.89. The summed E-state index contributed by atoms with van der Waals surface area (Å²) in [6.45, 7) is 0. The zero-order valence-corrected chi connectivity index (χ0v) is 24.3. The van der Waals surface area contributed by atoms with Crippen LogP contribution in [0.4, 0.5) is 5.69 Å². The first-order valence-electron chi connectivity index (χ1n) is 12.8. The summed E-state index contributed by atoms with van der Waals surface area (Å²) in [7, 11) is -4.72.